The van der Waals surface area contributed by atoms with Gasteiger partial charge in [-0.2, -0.15) is 10.2 Å². The van der Waals surface area contributed by atoms with Crippen LogP contribution in [-0.4, -0.2) is 28.7 Å². The van der Waals surface area contributed by atoms with Crippen molar-refractivity contribution in [3.8, 4) is 0 Å². The van der Waals surface area contributed by atoms with Crippen LogP contribution in [0.3, 0.4) is 0 Å². The fourth-order valence-corrected chi connectivity index (χ4v) is 3.34. The van der Waals surface area contributed by atoms with Crippen LogP contribution in [0.15, 0.2) is 33.9 Å². The maximum atomic E-state index is 12.7. The minimum absolute atomic E-state index is 0.110. The Morgan fingerprint density at radius 1 is 0.667 bits per heavy atom. The molecule has 0 aliphatic carbocycles. The number of aromatic nitrogens is 6. The van der Waals surface area contributed by atoms with E-state index in [1.54, 1.807) is 9.13 Å². The lowest BCUT2D eigenvalue weighted by molar-refractivity contribution is 0.340. The number of rotatable bonds is 4. The van der Waals surface area contributed by atoms with Crippen LogP contribution in [0.2, 0.25) is 0 Å². The van der Waals surface area contributed by atoms with Crippen molar-refractivity contribution in [2.45, 2.75) is 79.6 Å². The summed E-state index contributed by atoms with van der Waals surface area (Å²) in [6.45, 7) is 16.4. The number of benzene rings is 1. The zero-order valence-corrected chi connectivity index (χ0v) is 19.2. The standard InChI is InChI=1S/C22H32N6O2/c1-15-23-27(21(3,4)5)19(29)25(15)13-17-9-11-18(12-10-17)14-26-16(2)24-28(20(26)30)22(6,7)8/h9-12H,13-14H2,1-8H3. The van der Waals surface area contributed by atoms with Gasteiger partial charge in [0.2, 0.25) is 0 Å². The third-order valence-electron chi connectivity index (χ3n) is 5.07. The predicted molar refractivity (Wildman–Crippen MR) is 117 cm³/mol. The number of hydrogen-bond acceptors (Lipinski definition) is 4. The van der Waals surface area contributed by atoms with Crippen LogP contribution in [0.25, 0.3) is 0 Å². The van der Waals surface area contributed by atoms with E-state index in [2.05, 4.69) is 10.2 Å². The summed E-state index contributed by atoms with van der Waals surface area (Å²) in [5.74, 6) is 1.38. The van der Waals surface area contributed by atoms with Crippen LogP contribution in [-0.2, 0) is 24.2 Å². The molecule has 0 saturated heterocycles. The first-order valence-electron chi connectivity index (χ1n) is 10.2. The Morgan fingerprint density at radius 3 is 1.20 bits per heavy atom. The highest BCUT2D eigenvalue weighted by molar-refractivity contribution is 5.23. The zero-order chi connectivity index (χ0) is 22.4. The monoisotopic (exact) mass is 412 g/mol. The first kappa shape index (κ1) is 21.8. The van der Waals surface area contributed by atoms with Gasteiger partial charge in [0.15, 0.2) is 0 Å². The molecule has 0 unspecified atom stereocenters. The molecule has 0 aliphatic rings. The zero-order valence-electron chi connectivity index (χ0n) is 19.2. The lowest BCUT2D eigenvalue weighted by Crippen LogP contribution is -2.36. The highest BCUT2D eigenvalue weighted by Crippen LogP contribution is 2.13. The van der Waals surface area contributed by atoms with Crippen LogP contribution < -0.4 is 11.4 Å². The molecule has 0 saturated carbocycles. The molecular weight excluding hydrogens is 380 g/mol. The molecule has 0 aliphatic heterocycles. The van der Waals surface area contributed by atoms with Gasteiger partial charge in [0.1, 0.15) is 11.6 Å². The van der Waals surface area contributed by atoms with E-state index in [0.717, 1.165) is 11.1 Å². The van der Waals surface area contributed by atoms with E-state index in [1.165, 1.54) is 9.36 Å². The SMILES string of the molecule is Cc1nn(C(C)(C)C)c(=O)n1Cc1ccc(Cn2c(C)nn(C(C)(C)C)c2=O)cc1. The van der Waals surface area contributed by atoms with Gasteiger partial charge in [-0.3, -0.25) is 9.13 Å². The Morgan fingerprint density at radius 2 is 0.967 bits per heavy atom. The summed E-state index contributed by atoms with van der Waals surface area (Å²) in [6.07, 6.45) is 0. The van der Waals surface area contributed by atoms with Crippen LogP contribution in [0.4, 0.5) is 0 Å². The van der Waals surface area contributed by atoms with Crippen molar-refractivity contribution in [1.82, 2.24) is 28.7 Å². The molecule has 0 fully saturated rings. The fraction of sp³-hybridized carbons (Fsp3) is 0.545. The van der Waals surface area contributed by atoms with E-state index in [-0.39, 0.29) is 22.5 Å². The molecule has 0 radical (unpaired) electrons. The number of hydrogen-bond donors (Lipinski definition) is 0. The molecule has 1 aromatic carbocycles. The van der Waals surface area contributed by atoms with Crippen molar-refractivity contribution in [2.24, 2.45) is 0 Å². The van der Waals surface area contributed by atoms with Gasteiger partial charge in [-0.05, 0) is 66.5 Å². The largest absolute Gasteiger partial charge is 0.346 e. The maximum absolute atomic E-state index is 12.7. The second-order valence-electron chi connectivity index (χ2n) is 9.81. The molecule has 162 valence electrons. The van der Waals surface area contributed by atoms with Crippen molar-refractivity contribution >= 4 is 0 Å². The molecule has 0 spiro atoms. The second-order valence-corrected chi connectivity index (χ2v) is 9.81. The molecule has 0 amide bonds. The molecule has 30 heavy (non-hydrogen) atoms. The Labute approximate surface area is 176 Å². The fourth-order valence-electron chi connectivity index (χ4n) is 3.34. The Balaban J connectivity index is 1.83. The highest BCUT2D eigenvalue weighted by atomic mass is 16.2. The van der Waals surface area contributed by atoms with E-state index in [1.807, 2.05) is 79.7 Å². The van der Waals surface area contributed by atoms with Crippen LogP contribution in [0.1, 0.15) is 64.3 Å². The summed E-state index contributed by atoms with van der Waals surface area (Å²) < 4.78 is 6.42. The quantitative estimate of drug-likeness (QED) is 0.660. The summed E-state index contributed by atoms with van der Waals surface area (Å²) >= 11 is 0. The second kappa shape index (κ2) is 7.41. The van der Waals surface area contributed by atoms with Gasteiger partial charge in [0.25, 0.3) is 0 Å². The molecule has 3 aromatic rings. The topological polar surface area (TPSA) is 79.6 Å². The summed E-state index contributed by atoms with van der Waals surface area (Å²) in [5, 5.41) is 8.82. The first-order chi connectivity index (χ1) is 13.8. The van der Waals surface area contributed by atoms with Crippen molar-refractivity contribution in [1.29, 1.82) is 0 Å². The van der Waals surface area contributed by atoms with E-state index >= 15 is 0 Å². The maximum Gasteiger partial charge on any atom is 0.346 e. The van der Waals surface area contributed by atoms with E-state index < -0.39 is 0 Å². The normalized spacial score (nSPS) is 12.5. The molecule has 8 nitrogen and oxygen atoms in total. The van der Waals surface area contributed by atoms with Gasteiger partial charge < -0.3 is 0 Å². The lowest BCUT2D eigenvalue weighted by atomic mass is 10.1. The Hall–Kier alpha value is -2.90. The van der Waals surface area contributed by atoms with Crippen molar-refractivity contribution in [2.75, 3.05) is 0 Å². The third-order valence-corrected chi connectivity index (χ3v) is 5.07. The Kier molecular flexibility index (Phi) is 5.39. The van der Waals surface area contributed by atoms with Crippen molar-refractivity contribution in [3.05, 3.63) is 68.0 Å². The molecular formula is C22H32N6O2. The molecule has 0 atom stereocenters. The molecule has 3 rings (SSSR count). The minimum atomic E-state index is -0.362. The smallest absolute Gasteiger partial charge is 0.275 e. The molecule has 2 heterocycles. The van der Waals surface area contributed by atoms with Gasteiger partial charge >= 0.3 is 11.4 Å². The highest BCUT2D eigenvalue weighted by Gasteiger charge is 2.22. The first-order valence-corrected chi connectivity index (χ1v) is 10.2. The van der Waals surface area contributed by atoms with Gasteiger partial charge in [-0.25, -0.2) is 19.0 Å². The lowest BCUT2D eigenvalue weighted by Gasteiger charge is -2.17. The predicted octanol–water partition coefficient (Wildman–Crippen LogP) is 2.63. The van der Waals surface area contributed by atoms with Crippen LogP contribution in [0.5, 0.6) is 0 Å². The van der Waals surface area contributed by atoms with Gasteiger partial charge in [-0.15, -0.1) is 0 Å². The third kappa shape index (κ3) is 4.17. The summed E-state index contributed by atoms with van der Waals surface area (Å²) in [6, 6.07) is 7.96. The Bertz CT molecular complexity index is 1070. The molecule has 8 heteroatoms. The summed E-state index contributed by atoms with van der Waals surface area (Å²) in [5.41, 5.74) is 1.07. The summed E-state index contributed by atoms with van der Waals surface area (Å²) in [4.78, 5) is 25.4. The van der Waals surface area contributed by atoms with E-state index in [4.69, 9.17) is 0 Å². The molecule has 2 aromatic heterocycles. The van der Waals surface area contributed by atoms with Crippen LogP contribution in [0, 0.1) is 13.8 Å². The minimum Gasteiger partial charge on any atom is -0.275 e. The van der Waals surface area contributed by atoms with E-state index in [9.17, 15) is 9.59 Å². The molecule has 0 N–H and O–H groups in total. The van der Waals surface area contributed by atoms with Gasteiger partial charge in [0, 0.05) is 0 Å². The van der Waals surface area contributed by atoms with Gasteiger partial charge in [-0.1, -0.05) is 24.3 Å². The van der Waals surface area contributed by atoms with Gasteiger partial charge in [0.05, 0.1) is 24.2 Å². The summed E-state index contributed by atoms with van der Waals surface area (Å²) in [7, 11) is 0. The van der Waals surface area contributed by atoms with E-state index in [0.29, 0.717) is 24.7 Å². The number of nitrogens with zero attached hydrogens (tertiary/aromatic N) is 6. The average molecular weight is 413 g/mol. The molecule has 0 bridgehead atoms. The number of aryl methyl sites for hydroxylation is 2. The average Bonchev–Trinajstić information content (AvgIpc) is 3.07. The van der Waals surface area contributed by atoms with Crippen molar-refractivity contribution in [3.63, 3.8) is 0 Å². The van der Waals surface area contributed by atoms with Crippen LogP contribution >= 0.6 is 0 Å². The van der Waals surface area contributed by atoms with Crippen molar-refractivity contribution < 1.29 is 0 Å².